The third-order valence-electron chi connectivity index (χ3n) is 3.33. The summed E-state index contributed by atoms with van der Waals surface area (Å²) in [4.78, 5) is 4.58. The van der Waals surface area contributed by atoms with Crippen molar-refractivity contribution in [3.63, 3.8) is 0 Å². The van der Waals surface area contributed by atoms with Gasteiger partial charge in [0.2, 0.25) is 5.88 Å². The molecule has 1 aromatic heterocycles. The lowest BCUT2D eigenvalue weighted by Crippen LogP contribution is -2.31. The van der Waals surface area contributed by atoms with E-state index in [0.29, 0.717) is 16.7 Å². The molecule has 0 radical (unpaired) electrons. The van der Waals surface area contributed by atoms with Crippen LogP contribution in [0, 0.1) is 0 Å². The van der Waals surface area contributed by atoms with E-state index in [-0.39, 0.29) is 5.54 Å². The van der Waals surface area contributed by atoms with Gasteiger partial charge in [-0.15, -0.1) is 0 Å². The number of allylic oxidation sites excluding steroid dienone is 1. The Kier molecular flexibility index (Phi) is 3.38. The normalized spacial score (nSPS) is 15.7. The number of rotatable bonds is 2. The molecule has 1 aromatic carbocycles. The van der Waals surface area contributed by atoms with Crippen LogP contribution in [-0.2, 0) is 0 Å². The molecule has 0 spiro atoms. The monoisotopic (exact) mass is 300 g/mol. The minimum absolute atomic E-state index is 0.0656. The van der Waals surface area contributed by atoms with Crippen molar-refractivity contribution in [1.29, 1.82) is 0 Å². The summed E-state index contributed by atoms with van der Waals surface area (Å²) < 4.78 is 5.78. The first-order valence-corrected chi connectivity index (χ1v) is 7.24. The first kappa shape index (κ1) is 14.0. The van der Waals surface area contributed by atoms with Crippen LogP contribution >= 0.6 is 11.6 Å². The van der Waals surface area contributed by atoms with Crippen LogP contribution in [0.3, 0.4) is 0 Å². The van der Waals surface area contributed by atoms with Gasteiger partial charge in [-0.25, -0.2) is 4.98 Å². The molecule has 4 heteroatoms. The maximum atomic E-state index is 6.11. The molecule has 0 saturated heterocycles. The average Bonchev–Trinajstić information content (AvgIpc) is 2.41. The summed E-state index contributed by atoms with van der Waals surface area (Å²) in [5.74, 6) is 1.15. The zero-order valence-corrected chi connectivity index (χ0v) is 13.0. The van der Waals surface area contributed by atoms with E-state index < -0.39 is 0 Å². The fourth-order valence-electron chi connectivity index (χ4n) is 2.53. The fraction of sp³-hybridized carbons (Fsp3) is 0.235. The highest BCUT2D eigenvalue weighted by molar-refractivity contribution is 6.32. The number of aromatic nitrogens is 1. The zero-order chi connectivity index (χ0) is 15.0. The number of ether oxygens (including phenoxy) is 1. The van der Waals surface area contributed by atoms with Gasteiger partial charge >= 0.3 is 0 Å². The number of benzene rings is 1. The maximum Gasteiger partial charge on any atom is 0.219 e. The summed E-state index contributed by atoms with van der Waals surface area (Å²) in [6, 6.07) is 11.2. The van der Waals surface area contributed by atoms with Gasteiger partial charge in [0.15, 0.2) is 0 Å². The first-order chi connectivity index (χ1) is 9.94. The first-order valence-electron chi connectivity index (χ1n) is 6.86. The van der Waals surface area contributed by atoms with Gasteiger partial charge in [-0.3, -0.25) is 0 Å². The van der Waals surface area contributed by atoms with Crippen molar-refractivity contribution in [2.24, 2.45) is 0 Å². The molecule has 0 saturated carbocycles. The Labute approximate surface area is 129 Å². The summed E-state index contributed by atoms with van der Waals surface area (Å²) in [5, 5.41) is 4.02. The van der Waals surface area contributed by atoms with Crippen molar-refractivity contribution in [2.45, 2.75) is 26.3 Å². The van der Waals surface area contributed by atoms with Crippen LogP contribution in [0.5, 0.6) is 11.6 Å². The van der Waals surface area contributed by atoms with E-state index in [9.17, 15) is 0 Å². The Bertz CT molecular complexity index is 722. The number of halogens is 1. The number of anilines is 1. The summed E-state index contributed by atoms with van der Waals surface area (Å²) >= 11 is 6.11. The highest BCUT2D eigenvalue weighted by Crippen LogP contribution is 2.35. The van der Waals surface area contributed by atoms with Crippen molar-refractivity contribution in [3.05, 3.63) is 53.2 Å². The van der Waals surface area contributed by atoms with Crippen LogP contribution < -0.4 is 10.1 Å². The number of hydrogen-bond acceptors (Lipinski definition) is 3. The molecule has 0 fully saturated rings. The third kappa shape index (κ3) is 2.88. The summed E-state index contributed by atoms with van der Waals surface area (Å²) in [6.45, 7) is 6.33. The number of hydrogen-bond donors (Lipinski definition) is 1. The molecular formula is C17H17ClN2O. The molecule has 0 aliphatic carbocycles. The number of pyridine rings is 1. The second-order valence-corrected chi connectivity index (χ2v) is 6.16. The van der Waals surface area contributed by atoms with Crippen LogP contribution in [0.25, 0.3) is 5.57 Å². The Hall–Kier alpha value is -2.00. The molecule has 3 nitrogen and oxygen atoms in total. The van der Waals surface area contributed by atoms with Crippen LogP contribution in [0.4, 0.5) is 5.69 Å². The van der Waals surface area contributed by atoms with Crippen LogP contribution in [0.2, 0.25) is 5.02 Å². The maximum absolute atomic E-state index is 6.11. The number of nitrogens with one attached hydrogen (secondary N) is 1. The highest BCUT2D eigenvalue weighted by atomic mass is 35.5. The van der Waals surface area contributed by atoms with Gasteiger partial charge in [-0.1, -0.05) is 29.8 Å². The lowest BCUT2D eigenvalue weighted by Gasteiger charge is -2.30. The second kappa shape index (κ2) is 5.08. The van der Waals surface area contributed by atoms with Gasteiger partial charge < -0.3 is 10.1 Å². The van der Waals surface area contributed by atoms with E-state index >= 15 is 0 Å². The Morgan fingerprint density at radius 1 is 1.14 bits per heavy atom. The van der Waals surface area contributed by atoms with E-state index in [1.807, 2.05) is 30.3 Å². The highest BCUT2D eigenvalue weighted by Gasteiger charge is 2.23. The molecule has 0 amide bonds. The van der Waals surface area contributed by atoms with E-state index in [2.05, 4.69) is 37.1 Å². The standard InChI is InChI=1S/C17H17ClN2O/c1-11-10-17(2,3)20-13-8-9-15(19-16(11)13)21-14-7-5-4-6-12(14)18/h4-10,20H,1-3H3. The van der Waals surface area contributed by atoms with Gasteiger partial charge in [0.1, 0.15) is 5.75 Å². The van der Waals surface area contributed by atoms with Crippen LogP contribution in [-0.4, -0.2) is 10.5 Å². The molecule has 2 aromatic rings. The lowest BCUT2D eigenvalue weighted by atomic mass is 9.94. The zero-order valence-electron chi connectivity index (χ0n) is 12.3. The minimum Gasteiger partial charge on any atom is -0.437 e. The molecule has 3 rings (SSSR count). The number of fused-ring (bicyclic) bond motifs is 1. The Balaban J connectivity index is 1.94. The van der Waals surface area contributed by atoms with E-state index in [1.54, 1.807) is 6.07 Å². The minimum atomic E-state index is -0.0656. The van der Waals surface area contributed by atoms with Gasteiger partial charge in [-0.05, 0) is 44.5 Å². The van der Waals surface area contributed by atoms with Crippen molar-refractivity contribution >= 4 is 22.9 Å². The van der Waals surface area contributed by atoms with Crippen LogP contribution in [0.15, 0.2) is 42.5 Å². The van der Waals surface area contributed by atoms with Gasteiger partial charge in [0.25, 0.3) is 0 Å². The summed E-state index contributed by atoms with van der Waals surface area (Å²) in [5.41, 5.74) is 3.01. The summed E-state index contributed by atoms with van der Waals surface area (Å²) in [6.07, 6.45) is 2.17. The fourth-order valence-corrected chi connectivity index (χ4v) is 2.71. The lowest BCUT2D eigenvalue weighted by molar-refractivity contribution is 0.462. The van der Waals surface area contributed by atoms with Gasteiger partial charge in [-0.2, -0.15) is 0 Å². The van der Waals surface area contributed by atoms with Crippen molar-refractivity contribution in [3.8, 4) is 11.6 Å². The number of nitrogens with zero attached hydrogens (tertiary/aromatic N) is 1. The van der Waals surface area contributed by atoms with Crippen LogP contribution in [0.1, 0.15) is 26.5 Å². The Morgan fingerprint density at radius 2 is 1.90 bits per heavy atom. The molecule has 2 heterocycles. The topological polar surface area (TPSA) is 34.1 Å². The van der Waals surface area contributed by atoms with E-state index in [0.717, 1.165) is 17.0 Å². The van der Waals surface area contributed by atoms with Crippen molar-refractivity contribution in [1.82, 2.24) is 4.98 Å². The molecule has 1 N–H and O–H groups in total. The largest absolute Gasteiger partial charge is 0.437 e. The molecule has 21 heavy (non-hydrogen) atoms. The Morgan fingerprint density at radius 3 is 2.67 bits per heavy atom. The quantitative estimate of drug-likeness (QED) is 0.834. The third-order valence-corrected chi connectivity index (χ3v) is 3.64. The predicted molar refractivity (Wildman–Crippen MR) is 87.1 cm³/mol. The van der Waals surface area contributed by atoms with Gasteiger partial charge in [0, 0.05) is 6.07 Å². The summed E-state index contributed by atoms with van der Waals surface area (Å²) in [7, 11) is 0. The van der Waals surface area contributed by atoms with Crippen molar-refractivity contribution < 1.29 is 4.74 Å². The smallest absolute Gasteiger partial charge is 0.219 e. The molecule has 0 bridgehead atoms. The molecule has 1 aliphatic rings. The number of para-hydroxylation sites is 1. The second-order valence-electron chi connectivity index (χ2n) is 5.75. The van der Waals surface area contributed by atoms with E-state index in [1.165, 1.54) is 0 Å². The van der Waals surface area contributed by atoms with E-state index in [4.69, 9.17) is 16.3 Å². The molecule has 0 unspecified atom stereocenters. The molecule has 108 valence electrons. The average molecular weight is 301 g/mol. The molecular weight excluding hydrogens is 284 g/mol. The SMILES string of the molecule is CC1=CC(C)(C)Nc2ccc(Oc3ccccc3Cl)nc21. The molecule has 1 aliphatic heterocycles. The predicted octanol–water partition coefficient (Wildman–Crippen LogP) is 5.13. The van der Waals surface area contributed by atoms with Gasteiger partial charge in [0.05, 0.1) is 21.9 Å². The van der Waals surface area contributed by atoms with Crippen molar-refractivity contribution in [2.75, 3.05) is 5.32 Å². The molecule has 0 atom stereocenters.